The molecule has 0 bridgehead atoms. The second-order valence-electron chi connectivity index (χ2n) is 10.6. The van der Waals surface area contributed by atoms with Crippen LogP contribution in [0.3, 0.4) is 0 Å². The van der Waals surface area contributed by atoms with Crippen molar-refractivity contribution in [2.75, 3.05) is 46.1 Å². The minimum absolute atomic E-state index is 0.0119. The van der Waals surface area contributed by atoms with E-state index in [0.717, 1.165) is 17.9 Å². The summed E-state index contributed by atoms with van der Waals surface area (Å²) in [7, 11) is 0. The Labute approximate surface area is 285 Å². The third-order valence-electron chi connectivity index (χ3n) is 6.93. The normalized spacial score (nSPS) is 11.0. The number of carbonyl (C=O) groups is 1. The summed E-state index contributed by atoms with van der Waals surface area (Å²) in [5, 5.41) is 18.7. The Morgan fingerprint density at radius 3 is 1.78 bits per heavy atom. The lowest BCUT2D eigenvalue weighted by molar-refractivity contribution is 0.184. The number of amides is 1. The van der Waals surface area contributed by atoms with Gasteiger partial charge in [-0.15, -0.1) is 0 Å². The predicted molar refractivity (Wildman–Crippen MR) is 182 cm³/mol. The first kappa shape index (κ1) is 37.0. The average molecular weight is 693 g/mol. The van der Waals surface area contributed by atoms with Crippen LogP contribution in [0.5, 0.6) is 17.2 Å². The SMILES string of the molecule is CC(C)(c1ccc(OCCO)cc1)c1ccc(OCCO)cc1.CCCN(CCOc1c(Cl)cc(Cl)cc1Cl)C(=O)n1ccnc1. The van der Waals surface area contributed by atoms with E-state index < -0.39 is 0 Å². The Balaban J connectivity index is 0.000000250. The lowest BCUT2D eigenvalue weighted by Crippen LogP contribution is -2.37. The molecule has 0 fully saturated rings. The summed E-state index contributed by atoms with van der Waals surface area (Å²) in [6.07, 6.45) is 5.48. The van der Waals surface area contributed by atoms with Crippen LogP contribution in [0.15, 0.2) is 79.4 Å². The van der Waals surface area contributed by atoms with Crippen LogP contribution in [0, 0.1) is 0 Å². The van der Waals surface area contributed by atoms with E-state index >= 15 is 0 Å². The minimum Gasteiger partial charge on any atom is -0.491 e. The van der Waals surface area contributed by atoms with Crippen LogP contribution < -0.4 is 14.2 Å². The molecule has 0 aliphatic rings. The first-order valence-electron chi connectivity index (χ1n) is 14.8. The van der Waals surface area contributed by atoms with Crippen LogP contribution in [0.1, 0.15) is 38.3 Å². The van der Waals surface area contributed by atoms with Crippen molar-refractivity contribution in [3.8, 4) is 17.2 Å². The maximum absolute atomic E-state index is 12.3. The fourth-order valence-electron chi connectivity index (χ4n) is 4.46. The van der Waals surface area contributed by atoms with Gasteiger partial charge in [-0.2, -0.15) is 0 Å². The van der Waals surface area contributed by atoms with Gasteiger partial charge in [-0.3, -0.25) is 4.57 Å². The van der Waals surface area contributed by atoms with Crippen molar-refractivity contribution < 1.29 is 29.2 Å². The molecule has 0 spiro atoms. The predicted octanol–water partition coefficient (Wildman–Crippen LogP) is 7.36. The number of benzene rings is 3. The van der Waals surface area contributed by atoms with Crippen molar-refractivity contribution in [2.24, 2.45) is 0 Å². The summed E-state index contributed by atoms with van der Waals surface area (Å²) >= 11 is 18.0. The van der Waals surface area contributed by atoms with Crippen LogP contribution in [0.2, 0.25) is 15.1 Å². The van der Waals surface area contributed by atoms with Gasteiger partial charge < -0.3 is 29.3 Å². The summed E-state index contributed by atoms with van der Waals surface area (Å²) in [5.41, 5.74) is 2.21. The molecule has 1 aromatic heterocycles. The van der Waals surface area contributed by atoms with Crippen LogP contribution in [0.25, 0.3) is 0 Å². The van der Waals surface area contributed by atoms with Gasteiger partial charge in [0.2, 0.25) is 0 Å². The number of aliphatic hydroxyl groups excluding tert-OH is 2. The Kier molecular flexibility index (Phi) is 15.0. The van der Waals surface area contributed by atoms with Gasteiger partial charge in [0.15, 0.2) is 5.75 Å². The average Bonchev–Trinajstić information content (AvgIpc) is 3.59. The first-order valence-corrected chi connectivity index (χ1v) is 16.0. The monoisotopic (exact) mass is 691 g/mol. The highest BCUT2D eigenvalue weighted by atomic mass is 35.5. The molecule has 12 heteroatoms. The number of aromatic nitrogens is 2. The van der Waals surface area contributed by atoms with Crippen molar-refractivity contribution in [3.63, 3.8) is 0 Å². The Morgan fingerprint density at radius 2 is 1.35 bits per heavy atom. The van der Waals surface area contributed by atoms with E-state index in [1.54, 1.807) is 29.4 Å². The first-order chi connectivity index (χ1) is 22.1. The molecule has 4 aromatic rings. The number of hydrogen-bond donors (Lipinski definition) is 2. The molecule has 0 saturated carbocycles. The maximum atomic E-state index is 12.3. The molecule has 9 nitrogen and oxygen atoms in total. The molecule has 0 radical (unpaired) electrons. The van der Waals surface area contributed by atoms with Crippen molar-refractivity contribution in [3.05, 3.63) is 106 Å². The van der Waals surface area contributed by atoms with Crippen LogP contribution in [-0.2, 0) is 5.41 Å². The molecular formula is C34H40Cl3N3O6. The number of ether oxygens (including phenoxy) is 3. The fourth-order valence-corrected chi connectivity index (χ4v) is 5.39. The Hall–Kier alpha value is -3.47. The molecule has 1 heterocycles. The summed E-state index contributed by atoms with van der Waals surface area (Å²) in [5.74, 6) is 1.88. The number of hydrogen-bond acceptors (Lipinski definition) is 7. The minimum atomic E-state index is -0.152. The lowest BCUT2D eigenvalue weighted by atomic mass is 9.78. The Bertz CT molecular complexity index is 1410. The third-order valence-corrected chi connectivity index (χ3v) is 7.71. The number of aliphatic hydroxyl groups is 2. The molecule has 0 unspecified atom stereocenters. The number of imidazole rings is 1. The third kappa shape index (κ3) is 10.8. The van der Waals surface area contributed by atoms with Gasteiger partial charge >= 0.3 is 6.03 Å². The molecule has 0 saturated heterocycles. The zero-order valence-corrected chi connectivity index (χ0v) is 28.4. The van der Waals surface area contributed by atoms with E-state index in [-0.39, 0.29) is 31.3 Å². The van der Waals surface area contributed by atoms with Gasteiger partial charge in [0.1, 0.15) is 37.6 Å². The van der Waals surface area contributed by atoms with Crippen molar-refractivity contribution in [2.45, 2.75) is 32.6 Å². The van der Waals surface area contributed by atoms with Gasteiger partial charge in [0, 0.05) is 29.4 Å². The molecule has 1 amide bonds. The van der Waals surface area contributed by atoms with Crippen LogP contribution in [-0.4, -0.2) is 76.8 Å². The number of nitrogens with zero attached hydrogens (tertiary/aromatic N) is 3. The van der Waals surface area contributed by atoms with Gasteiger partial charge in [0.05, 0.1) is 29.8 Å². The number of carbonyl (C=O) groups excluding carboxylic acids is 1. The molecule has 0 aliphatic heterocycles. The standard InChI is InChI=1S/C19H24O4.C15H16Cl3N3O2/c1-19(2,15-3-7-17(8-4-15)22-13-11-20)16-5-9-18(10-6-16)23-14-12-21;1-2-4-20(15(22)21-5-3-19-10-21)6-7-23-14-12(17)8-11(16)9-13(14)18/h3-10,20-21H,11-14H2,1-2H3;3,5,8-10H,2,4,6-7H2,1H3. The maximum Gasteiger partial charge on any atom is 0.329 e. The van der Waals surface area contributed by atoms with Crippen LogP contribution in [0.4, 0.5) is 4.79 Å². The van der Waals surface area contributed by atoms with E-state index in [2.05, 4.69) is 18.8 Å². The van der Waals surface area contributed by atoms with E-state index in [4.69, 9.17) is 59.2 Å². The quantitative estimate of drug-likeness (QED) is 0.142. The second-order valence-corrected chi connectivity index (χ2v) is 11.9. The van der Waals surface area contributed by atoms with E-state index in [9.17, 15) is 4.79 Å². The lowest BCUT2D eigenvalue weighted by Gasteiger charge is -2.26. The fraction of sp³-hybridized carbons (Fsp3) is 0.353. The molecule has 0 atom stereocenters. The van der Waals surface area contributed by atoms with E-state index in [1.165, 1.54) is 22.0 Å². The number of rotatable bonds is 14. The van der Waals surface area contributed by atoms with E-state index in [0.29, 0.717) is 47.1 Å². The smallest absolute Gasteiger partial charge is 0.329 e. The summed E-state index contributed by atoms with van der Waals surface area (Å²) < 4.78 is 17.8. The van der Waals surface area contributed by atoms with E-state index in [1.807, 2.05) is 55.5 Å². The van der Waals surface area contributed by atoms with Crippen molar-refractivity contribution in [1.29, 1.82) is 0 Å². The highest BCUT2D eigenvalue weighted by Gasteiger charge is 2.23. The van der Waals surface area contributed by atoms with Gasteiger partial charge in [-0.05, 0) is 53.9 Å². The van der Waals surface area contributed by atoms with Crippen LogP contribution >= 0.6 is 34.8 Å². The zero-order chi connectivity index (χ0) is 33.5. The number of halogens is 3. The van der Waals surface area contributed by atoms with Gasteiger partial charge in [-0.25, -0.2) is 9.78 Å². The molecule has 0 aliphatic carbocycles. The molecule has 46 heavy (non-hydrogen) atoms. The highest BCUT2D eigenvalue weighted by Crippen LogP contribution is 2.36. The van der Waals surface area contributed by atoms with Gasteiger partial charge in [0.25, 0.3) is 0 Å². The van der Waals surface area contributed by atoms with Crippen molar-refractivity contribution in [1.82, 2.24) is 14.5 Å². The summed E-state index contributed by atoms with van der Waals surface area (Å²) in [6, 6.07) is 18.8. The topological polar surface area (TPSA) is 106 Å². The largest absolute Gasteiger partial charge is 0.491 e. The molecule has 248 valence electrons. The second kappa shape index (κ2) is 18.6. The molecular weight excluding hydrogens is 653 g/mol. The molecule has 4 rings (SSSR count). The Morgan fingerprint density at radius 1 is 0.826 bits per heavy atom. The van der Waals surface area contributed by atoms with Gasteiger partial charge in [-0.1, -0.05) is 79.8 Å². The summed E-state index contributed by atoms with van der Waals surface area (Å²) in [4.78, 5) is 17.9. The zero-order valence-electron chi connectivity index (χ0n) is 26.2. The van der Waals surface area contributed by atoms with Crippen molar-refractivity contribution >= 4 is 40.8 Å². The highest BCUT2D eigenvalue weighted by molar-refractivity contribution is 6.40. The summed E-state index contributed by atoms with van der Waals surface area (Å²) in [6.45, 7) is 8.25. The molecule has 2 N–H and O–H groups in total. The molecule has 3 aromatic carbocycles.